The second-order valence-corrected chi connectivity index (χ2v) is 10.7. The maximum atomic E-state index is 12.7. The summed E-state index contributed by atoms with van der Waals surface area (Å²) >= 11 is 0. The summed E-state index contributed by atoms with van der Waals surface area (Å²) in [7, 11) is -3.51. The third kappa shape index (κ3) is 5.06. The molecule has 1 fully saturated rings. The van der Waals surface area contributed by atoms with Gasteiger partial charge >= 0.3 is 0 Å². The molecule has 0 aromatic heterocycles. The summed E-state index contributed by atoms with van der Waals surface area (Å²) in [5.74, 6) is 0.268. The van der Waals surface area contributed by atoms with Gasteiger partial charge in [0.1, 0.15) is 5.25 Å². The number of nitrogens with zero attached hydrogens (tertiary/aromatic N) is 1. The van der Waals surface area contributed by atoms with Gasteiger partial charge in [0.2, 0.25) is 5.91 Å². The summed E-state index contributed by atoms with van der Waals surface area (Å²) in [6, 6.07) is 7.67. The zero-order chi connectivity index (χ0) is 18.8. The summed E-state index contributed by atoms with van der Waals surface area (Å²) in [5, 5.41) is -0.983. The lowest BCUT2D eigenvalue weighted by atomic mass is 9.87. The lowest BCUT2D eigenvalue weighted by molar-refractivity contribution is -0.131. The molecule has 4 nitrogen and oxygen atoms in total. The fourth-order valence-electron chi connectivity index (χ4n) is 3.10. The second-order valence-electron chi connectivity index (χ2n) is 8.40. The van der Waals surface area contributed by atoms with E-state index in [0.29, 0.717) is 19.0 Å². The monoisotopic (exact) mass is 365 g/mol. The summed E-state index contributed by atoms with van der Waals surface area (Å²) in [6.45, 7) is 11.4. The van der Waals surface area contributed by atoms with E-state index >= 15 is 0 Å². The van der Waals surface area contributed by atoms with Gasteiger partial charge in [-0.2, -0.15) is 0 Å². The average Bonchev–Trinajstić information content (AvgIpc) is 2.53. The number of likely N-dealkylation sites (tertiary alicyclic amines) is 1. The highest BCUT2D eigenvalue weighted by atomic mass is 32.2. The largest absolute Gasteiger partial charge is 0.342 e. The van der Waals surface area contributed by atoms with E-state index in [1.54, 1.807) is 4.90 Å². The molecule has 0 aliphatic carbocycles. The first-order chi connectivity index (χ1) is 11.5. The van der Waals surface area contributed by atoms with Crippen LogP contribution in [-0.4, -0.2) is 37.6 Å². The molecule has 1 aliphatic heterocycles. The Morgan fingerprint density at radius 3 is 2.16 bits per heavy atom. The molecule has 0 N–H and O–H groups in total. The number of piperidine rings is 1. The molecule has 1 amide bonds. The van der Waals surface area contributed by atoms with Crippen molar-refractivity contribution in [1.29, 1.82) is 0 Å². The van der Waals surface area contributed by atoms with E-state index < -0.39 is 15.1 Å². The van der Waals surface area contributed by atoms with Gasteiger partial charge in [-0.25, -0.2) is 8.42 Å². The first kappa shape index (κ1) is 20.0. The first-order valence-corrected chi connectivity index (χ1v) is 10.8. The van der Waals surface area contributed by atoms with Crippen molar-refractivity contribution < 1.29 is 13.2 Å². The number of hydrogen-bond donors (Lipinski definition) is 0. The number of benzene rings is 1. The Hall–Kier alpha value is -1.36. The van der Waals surface area contributed by atoms with Crippen LogP contribution in [0, 0.1) is 5.92 Å². The van der Waals surface area contributed by atoms with Gasteiger partial charge in [-0.1, -0.05) is 52.0 Å². The van der Waals surface area contributed by atoms with Gasteiger partial charge in [-0.05, 0) is 42.2 Å². The molecule has 2 rings (SSSR count). The number of sulfone groups is 1. The Labute approximate surface area is 152 Å². The molecule has 1 saturated heterocycles. The maximum Gasteiger partial charge on any atom is 0.240 e. The minimum atomic E-state index is -3.51. The summed E-state index contributed by atoms with van der Waals surface area (Å²) in [4.78, 5) is 14.3. The SMILES string of the molecule is CC1CCN(C(=O)[C@H](C)S(=O)(=O)Cc2ccc(C(C)(C)C)cc2)CC1. The lowest BCUT2D eigenvalue weighted by Gasteiger charge is -2.32. The Kier molecular flexibility index (Phi) is 5.97. The third-order valence-electron chi connectivity index (χ3n) is 5.17. The molecule has 0 bridgehead atoms. The van der Waals surface area contributed by atoms with Gasteiger partial charge in [-0.15, -0.1) is 0 Å². The third-order valence-corrected chi connectivity index (χ3v) is 7.18. The summed E-state index contributed by atoms with van der Waals surface area (Å²) in [5.41, 5.74) is 1.94. The molecule has 1 atom stereocenters. The van der Waals surface area contributed by atoms with Crippen LogP contribution in [-0.2, 0) is 25.8 Å². The van der Waals surface area contributed by atoms with Crippen LogP contribution in [0.15, 0.2) is 24.3 Å². The number of rotatable bonds is 4. The summed E-state index contributed by atoms with van der Waals surface area (Å²) in [6.07, 6.45) is 1.90. The van der Waals surface area contributed by atoms with Gasteiger partial charge in [0.15, 0.2) is 9.84 Å². The number of amides is 1. The molecule has 1 aliphatic rings. The van der Waals surface area contributed by atoms with Crippen molar-refractivity contribution in [3.63, 3.8) is 0 Å². The van der Waals surface area contributed by atoms with Crippen LogP contribution in [0.2, 0.25) is 0 Å². The fraction of sp³-hybridized carbons (Fsp3) is 0.650. The molecule has 140 valence electrons. The van der Waals surface area contributed by atoms with E-state index in [0.717, 1.165) is 18.4 Å². The van der Waals surface area contributed by atoms with E-state index in [-0.39, 0.29) is 17.1 Å². The summed E-state index contributed by atoms with van der Waals surface area (Å²) < 4.78 is 25.4. The van der Waals surface area contributed by atoms with E-state index in [9.17, 15) is 13.2 Å². The van der Waals surface area contributed by atoms with E-state index in [4.69, 9.17) is 0 Å². The van der Waals surface area contributed by atoms with Crippen molar-refractivity contribution in [2.24, 2.45) is 5.92 Å². The van der Waals surface area contributed by atoms with E-state index in [1.165, 1.54) is 12.5 Å². The van der Waals surface area contributed by atoms with Crippen LogP contribution in [0.3, 0.4) is 0 Å². The minimum Gasteiger partial charge on any atom is -0.342 e. The van der Waals surface area contributed by atoms with Crippen molar-refractivity contribution in [1.82, 2.24) is 4.90 Å². The lowest BCUT2D eigenvalue weighted by Crippen LogP contribution is -2.45. The van der Waals surface area contributed by atoms with Crippen molar-refractivity contribution in [2.75, 3.05) is 13.1 Å². The fourth-order valence-corrected chi connectivity index (χ4v) is 4.46. The normalized spacial score (nSPS) is 18.2. The predicted octanol–water partition coefficient (Wildman–Crippen LogP) is 3.55. The highest BCUT2D eigenvalue weighted by molar-refractivity contribution is 7.92. The van der Waals surface area contributed by atoms with Gasteiger partial charge < -0.3 is 4.90 Å². The Morgan fingerprint density at radius 1 is 1.16 bits per heavy atom. The van der Waals surface area contributed by atoms with Crippen LogP contribution < -0.4 is 0 Å². The predicted molar refractivity (Wildman–Crippen MR) is 102 cm³/mol. The van der Waals surface area contributed by atoms with Crippen LogP contribution in [0.25, 0.3) is 0 Å². The Balaban J connectivity index is 2.06. The standard InChI is InChI=1S/C20H31NO3S/c1-15-10-12-21(13-11-15)19(22)16(2)25(23,24)14-17-6-8-18(9-7-17)20(3,4)5/h6-9,15-16H,10-14H2,1-5H3/t16-/m0/s1. The van der Waals surface area contributed by atoms with Crippen LogP contribution in [0.4, 0.5) is 0 Å². The van der Waals surface area contributed by atoms with E-state index in [1.807, 2.05) is 24.3 Å². The second kappa shape index (κ2) is 7.48. The maximum absolute atomic E-state index is 12.7. The molecule has 25 heavy (non-hydrogen) atoms. The van der Waals surface area contributed by atoms with Crippen molar-refractivity contribution in [3.05, 3.63) is 35.4 Å². The average molecular weight is 366 g/mol. The Bertz CT molecular complexity index is 693. The van der Waals surface area contributed by atoms with Gasteiger partial charge in [0.25, 0.3) is 0 Å². The van der Waals surface area contributed by atoms with E-state index in [2.05, 4.69) is 27.7 Å². The number of hydrogen-bond acceptors (Lipinski definition) is 3. The molecule has 1 heterocycles. The van der Waals surface area contributed by atoms with Crippen LogP contribution >= 0.6 is 0 Å². The number of carbonyl (C=O) groups excluding carboxylic acids is 1. The molecule has 0 radical (unpaired) electrons. The zero-order valence-electron chi connectivity index (χ0n) is 16.1. The first-order valence-electron chi connectivity index (χ1n) is 9.10. The smallest absolute Gasteiger partial charge is 0.240 e. The topological polar surface area (TPSA) is 54.5 Å². The quantitative estimate of drug-likeness (QED) is 0.820. The molecule has 0 unspecified atom stereocenters. The van der Waals surface area contributed by atoms with Crippen molar-refractivity contribution >= 4 is 15.7 Å². The highest BCUT2D eigenvalue weighted by Crippen LogP contribution is 2.24. The van der Waals surface area contributed by atoms with Gasteiger partial charge in [0, 0.05) is 13.1 Å². The molecule has 5 heteroatoms. The van der Waals surface area contributed by atoms with Crippen molar-refractivity contribution in [3.8, 4) is 0 Å². The molecule has 0 saturated carbocycles. The molecule has 1 aromatic carbocycles. The van der Waals surface area contributed by atoms with Gasteiger partial charge in [-0.3, -0.25) is 4.79 Å². The van der Waals surface area contributed by atoms with Crippen LogP contribution in [0.1, 0.15) is 58.6 Å². The zero-order valence-corrected chi connectivity index (χ0v) is 16.9. The molecule has 0 spiro atoms. The molecular formula is C20H31NO3S. The molecular weight excluding hydrogens is 334 g/mol. The number of carbonyl (C=O) groups is 1. The van der Waals surface area contributed by atoms with Crippen LogP contribution in [0.5, 0.6) is 0 Å². The van der Waals surface area contributed by atoms with Crippen molar-refractivity contribution in [2.45, 2.75) is 63.9 Å². The van der Waals surface area contributed by atoms with Gasteiger partial charge in [0.05, 0.1) is 5.75 Å². The Morgan fingerprint density at radius 2 is 1.68 bits per heavy atom. The molecule has 1 aromatic rings. The minimum absolute atomic E-state index is 0.0338. The highest BCUT2D eigenvalue weighted by Gasteiger charge is 2.33.